The van der Waals surface area contributed by atoms with E-state index >= 15 is 0 Å². The number of amides is 1. The second kappa shape index (κ2) is 6.53. The summed E-state index contributed by atoms with van der Waals surface area (Å²) in [5.74, 6) is 0.0650. The van der Waals surface area contributed by atoms with Crippen LogP contribution in [-0.4, -0.2) is 35.2 Å². The van der Waals surface area contributed by atoms with Crippen molar-refractivity contribution < 1.29 is 14.3 Å². The maximum atomic E-state index is 12.5. The minimum absolute atomic E-state index is 0.0541. The zero-order chi connectivity index (χ0) is 15.4. The van der Waals surface area contributed by atoms with E-state index in [1.807, 2.05) is 13.0 Å². The molecule has 1 unspecified atom stereocenters. The monoisotopic (exact) mass is 299 g/mol. The number of carbonyl (C=O) groups excluding carboxylic acids is 1. The van der Waals surface area contributed by atoms with Gasteiger partial charge >= 0.3 is 0 Å². The SMILES string of the molecule is Cc1ccncc1NC(=O)c1cccnc1OC1CCOC1. The van der Waals surface area contributed by atoms with Gasteiger partial charge in [0.2, 0.25) is 5.88 Å². The van der Waals surface area contributed by atoms with E-state index in [0.717, 1.165) is 12.0 Å². The van der Waals surface area contributed by atoms with Crippen molar-refractivity contribution in [1.82, 2.24) is 9.97 Å². The van der Waals surface area contributed by atoms with Crippen LogP contribution in [0.2, 0.25) is 0 Å². The number of carbonyl (C=O) groups is 1. The van der Waals surface area contributed by atoms with Crippen molar-refractivity contribution in [2.45, 2.75) is 19.4 Å². The van der Waals surface area contributed by atoms with Gasteiger partial charge in [0.05, 0.1) is 25.1 Å². The van der Waals surface area contributed by atoms with Gasteiger partial charge in [0.25, 0.3) is 5.91 Å². The third kappa shape index (κ3) is 3.23. The van der Waals surface area contributed by atoms with Crippen molar-refractivity contribution in [3.05, 3.63) is 47.9 Å². The molecule has 1 aliphatic rings. The van der Waals surface area contributed by atoms with Crippen LogP contribution in [0.5, 0.6) is 5.88 Å². The van der Waals surface area contributed by atoms with Crippen LogP contribution in [0.1, 0.15) is 22.3 Å². The summed E-state index contributed by atoms with van der Waals surface area (Å²) in [6.07, 6.45) is 5.66. The Morgan fingerprint density at radius 2 is 2.32 bits per heavy atom. The Balaban J connectivity index is 1.78. The molecule has 0 bridgehead atoms. The molecule has 6 heteroatoms. The van der Waals surface area contributed by atoms with E-state index in [9.17, 15) is 4.79 Å². The van der Waals surface area contributed by atoms with Gasteiger partial charge < -0.3 is 14.8 Å². The third-order valence-electron chi connectivity index (χ3n) is 3.47. The van der Waals surface area contributed by atoms with Gasteiger partial charge in [-0.2, -0.15) is 0 Å². The van der Waals surface area contributed by atoms with Crippen molar-refractivity contribution in [3.8, 4) is 5.88 Å². The summed E-state index contributed by atoms with van der Waals surface area (Å²) in [6.45, 7) is 3.11. The molecule has 2 aromatic rings. The Morgan fingerprint density at radius 3 is 3.09 bits per heavy atom. The van der Waals surface area contributed by atoms with Gasteiger partial charge in [-0.15, -0.1) is 0 Å². The molecule has 1 fully saturated rings. The summed E-state index contributed by atoms with van der Waals surface area (Å²) in [4.78, 5) is 20.7. The third-order valence-corrected chi connectivity index (χ3v) is 3.47. The predicted octanol–water partition coefficient (Wildman–Crippen LogP) is 2.21. The van der Waals surface area contributed by atoms with Crippen molar-refractivity contribution in [2.75, 3.05) is 18.5 Å². The Labute approximate surface area is 128 Å². The summed E-state index contributed by atoms with van der Waals surface area (Å²) in [6, 6.07) is 5.24. The van der Waals surface area contributed by atoms with Crippen molar-refractivity contribution in [1.29, 1.82) is 0 Å². The largest absolute Gasteiger partial charge is 0.471 e. The number of ether oxygens (including phenoxy) is 2. The molecule has 1 atom stereocenters. The zero-order valence-electron chi connectivity index (χ0n) is 12.3. The van der Waals surface area contributed by atoms with Gasteiger partial charge in [-0.25, -0.2) is 4.98 Å². The van der Waals surface area contributed by atoms with E-state index in [2.05, 4.69) is 15.3 Å². The Kier molecular flexibility index (Phi) is 4.29. The van der Waals surface area contributed by atoms with Crippen molar-refractivity contribution in [3.63, 3.8) is 0 Å². The summed E-state index contributed by atoms with van der Waals surface area (Å²) in [5.41, 5.74) is 2.02. The van der Waals surface area contributed by atoms with Crippen LogP contribution in [0.4, 0.5) is 5.69 Å². The van der Waals surface area contributed by atoms with Crippen LogP contribution >= 0.6 is 0 Å². The molecule has 0 radical (unpaired) electrons. The average Bonchev–Trinajstić information content (AvgIpc) is 3.03. The molecule has 1 amide bonds. The molecule has 1 aliphatic heterocycles. The Hall–Kier alpha value is -2.47. The molecule has 2 aromatic heterocycles. The van der Waals surface area contributed by atoms with E-state index in [0.29, 0.717) is 30.3 Å². The highest BCUT2D eigenvalue weighted by Crippen LogP contribution is 2.21. The zero-order valence-corrected chi connectivity index (χ0v) is 12.3. The van der Waals surface area contributed by atoms with Gasteiger partial charge in [0.15, 0.2) is 0 Å². The predicted molar refractivity (Wildman–Crippen MR) is 81.0 cm³/mol. The second-order valence-electron chi connectivity index (χ2n) is 5.10. The number of pyridine rings is 2. The quantitative estimate of drug-likeness (QED) is 0.937. The number of rotatable bonds is 4. The molecule has 22 heavy (non-hydrogen) atoms. The topological polar surface area (TPSA) is 73.3 Å². The van der Waals surface area contributed by atoms with Crippen molar-refractivity contribution >= 4 is 11.6 Å². The van der Waals surface area contributed by atoms with Crippen LogP contribution < -0.4 is 10.1 Å². The summed E-state index contributed by atoms with van der Waals surface area (Å²) < 4.78 is 11.1. The van der Waals surface area contributed by atoms with Crippen LogP contribution in [0.25, 0.3) is 0 Å². The number of nitrogens with zero attached hydrogens (tertiary/aromatic N) is 2. The first kappa shape index (κ1) is 14.5. The number of hydrogen-bond donors (Lipinski definition) is 1. The molecule has 3 rings (SSSR count). The standard InChI is InChI=1S/C16H17N3O3/c1-11-4-7-17-9-14(11)19-15(20)13-3-2-6-18-16(13)22-12-5-8-21-10-12/h2-4,6-7,9,12H,5,8,10H2,1H3,(H,19,20). The van der Waals surface area contributed by atoms with Gasteiger partial charge in [-0.05, 0) is 30.7 Å². The first-order valence-electron chi connectivity index (χ1n) is 7.15. The van der Waals surface area contributed by atoms with Gasteiger partial charge in [-0.3, -0.25) is 9.78 Å². The van der Waals surface area contributed by atoms with Gasteiger partial charge in [0, 0.05) is 18.8 Å². The van der Waals surface area contributed by atoms with E-state index in [-0.39, 0.29) is 12.0 Å². The van der Waals surface area contributed by atoms with Crippen LogP contribution in [0.3, 0.4) is 0 Å². The molecule has 1 N–H and O–H groups in total. The maximum Gasteiger partial charge on any atom is 0.261 e. The fourth-order valence-corrected chi connectivity index (χ4v) is 2.21. The van der Waals surface area contributed by atoms with E-state index in [4.69, 9.17) is 9.47 Å². The molecule has 6 nitrogen and oxygen atoms in total. The molecule has 0 spiro atoms. The number of aryl methyl sites for hydroxylation is 1. The molecular formula is C16H17N3O3. The van der Waals surface area contributed by atoms with E-state index in [1.54, 1.807) is 30.7 Å². The molecular weight excluding hydrogens is 282 g/mol. The van der Waals surface area contributed by atoms with Gasteiger partial charge in [0.1, 0.15) is 11.7 Å². The lowest BCUT2D eigenvalue weighted by Gasteiger charge is -2.14. The molecule has 114 valence electrons. The minimum atomic E-state index is -0.266. The highest BCUT2D eigenvalue weighted by atomic mass is 16.5. The number of aromatic nitrogens is 2. The molecule has 1 saturated heterocycles. The fraction of sp³-hybridized carbons (Fsp3) is 0.312. The lowest BCUT2D eigenvalue weighted by molar-refractivity contribution is 0.101. The highest BCUT2D eigenvalue weighted by Gasteiger charge is 2.21. The van der Waals surface area contributed by atoms with Crippen LogP contribution in [0, 0.1) is 6.92 Å². The first-order valence-corrected chi connectivity index (χ1v) is 7.15. The molecule has 0 aliphatic carbocycles. The summed E-state index contributed by atoms with van der Waals surface area (Å²) >= 11 is 0. The summed E-state index contributed by atoms with van der Waals surface area (Å²) in [5, 5.41) is 2.84. The molecule has 3 heterocycles. The second-order valence-corrected chi connectivity index (χ2v) is 5.10. The fourth-order valence-electron chi connectivity index (χ4n) is 2.21. The first-order chi connectivity index (χ1) is 10.7. The summed E-state index contributed by atoms with van der Waals surface area (Å²) in [7, 11) is 0. The lowest BCUT2D eigenvalue weighted by atomic mass is 10.2. The van der Waals surface area contributed by atoms with Crippen LogP contribution in [-0.2, 0) is 4.74 Å². The number of nitrogens with one attached hydrogen (secondary N) is 1. The maximum absolute atomic E-state index is 12.5. The number of hydrogen-bond acceptors (Lipinski definition) is 5. The molecule has 0 saturated carbocycles. The lowest BCUT2D eigenvalue weighted by Crippen LogP contribution is -2.20. The smallest absolute Gasteiger partial charge is 0.261 e. The van der Waals surface area contributed by atoms with Crippen molar-refractivity contribution in [2.24, 2.45) is 0 Å². The van der Waals surface area contributed by atoms with Gasteiger partial charge in [-0.1, -0.05) is 0 Å². The minimum Gasteiger partial charge on any atom is -0.471 e. The van der Waals surface area contributed by atoms with E-state index < -0.39 is 0 Å². The van der Waals surface area contributed by atoms with Crippen LogP contribution in [0.15, 0.2) is 36.8 Å². The number of anilines is 1. The van der Waals surface area contributed by atoms with E-state index in [1.165, 1.54) is 0 Å². The highest BCUT2D eigenvalue weighted by molar-refractivity contribution is 6.06. The normalized spacial score (nSPS) is 17.2. The Morgan fingerprint density at radius 1 is 1.41 bits per heavy atom. The molecule has 0 aromatic carbocycles. The Bertz CT molecular complexity index is 669. The average molecular weight is 299 g/mol.